The van der Waals surface area contributed by atoms with E-state index in [1.54, 1.807) is 0 Å². The highest BCUT2D eigenvalue weighted by Crippen LogP contribution is 2.51. The van der Waals surface area contributed by atoms with Crippen LogP contribution < -0.4 is 4.90 Å². The Balaban J connectivity index is 1.24. The summed E-state index contributed by atoms with van der Waals surface area (Å²) in [5.41, 5.74) is 12.6. The third-order valence-electron chi connectivity index (χ3n) is 10.7. The quantitative estimate of drug-likeness (QED) is 0.175. The maximum atomic E-state index is 5.23. The Labute approximate surface area is 301 Å². The van der Waals surface area contributed by atoms with Crippen molar-refractivity contribution in [3.8, 4) is 39.3 Å². The molecule has 0 spiro atoms. The van der Waals surface area contributed by atoms with Gasteiger partial charge in [0.15, 0.2) is 0 Å². The molecule has 11 rings (SSSR count). The third-order valence-corrected chi connectivity index (χ3v) is 10.7. The summed E-state index contributed by atoms with van der Waals surface area (Å²) in [5.74, 6) is 0.950. The smallest absolute Gasteiger partial charge is 0.145 e. The van der Waals surface area contributed by atoms with Gasteiger partial charge in [0, 0.05) is 11.3 Å². The molecule has 0 unspecified atom stereocenters. The molecule has 9 aromatic carbocycles. The Bertz CT molecular complexity index is 3010. The van der Waals surface area contributed by atoms with Crippen molar-refractivity contribution in [3.05, 3.63) is 188 Å². The summed E-state index contributed by atoms with van der Waals surface area (Å²) >= 11 is 0. The molecule has 1 aromatic heterocycles. The van der Waals surface area contributed by atoms with Crippen molar-refractivity contribution in [2.24, 2.45) is 0 Å². The molecule has 0 radical (unpaired) electrons. The predicted molar refractivity (Wildman–Crippen MR) is 218 cm³/mol. The van der Waals surface area contributed by atoms with Crippen LogP contribution in [-0.2, 0) is 0 Å². The van der Waals surface area contributed by atoms with Gasteiger partial charge in [-0.05, 0) is 97.0 Å². The van der Waals surface area contributed by atoms with Crippen LogP contribution in [0.3, 0.4) is 0 Å². The van der Waals surface area contributed by atoms with E-state index >= 15 is 0 Å². The standard InChI is InChI=1S/C49H31N3/c1-3-15-33(16-4-1)46-38-20-9-10-21-39(38)47(36-27-26-32-14-7-8-19-35(32)30-36)41-31-37(28-29-40(41)46)51-43-23-11-12-24-44(43)52-48-42(22-13-25-45(48)51)50-49(52)34-17-5-2-6-18-34/h1-31H. The second-order valence-electron chi connectivity index (χ2n) is 13.6. The minimum atomic E-state index is 0.950. The summed E-state index contributed by atoms with van der Waals surface area (Å²) in [7, 11) is 0. The van der Waals surface area contributed by atoms with Gasteiger partial charge in [-0.15, -0.1) is 0 Å². The van der Waals surface area contributed by atoms with Gasteiger partial charge in [-0.25, -0.2) is 4.98 Å². The molecule has 242 valence electrons. The van der Waals surface area contributed by atoms with Crippen LogP contribution in [0.1, 0.15) is 0 Å². The van der Waals surface area contributed by atoms with Crippen molar-refractivity contribution in [2.45, 2.75) is 0 Å². The minimum Gasteiger partial charge on any atom is -0.306 e. The average molecular weight is 662 g/mol. The maximum absolute atomic E-state index is 5.23. The van der Waals surface area contributed by atoms with Crippen LogP contribution in [0, 0.1) is 0 Å². The van der Waals surface area contributed by atoms with Crippen molar-refractivity contribution in [3.63, 3.8) is 0 Å². The summed E-state index contributed by atoms with van der Waals surface area (Å²) in [6, 6.07) is 68.1. The second-order valence-corrected chi connectivity index (χ2v) is 13.6. The molecule has 0 saturated carbocycles. The zero-order valence-corrected chi connectivity index (χ0v) is 28.2. The topological polar surface area (TPSA) is 21.1 Å². The molecule has 3 heteroatoms. The highest BCUT2D eigenvalue weighted by molar-refractivity contribution is 6.22. The fourth-order valence-corrected chi connectivity index (χ4v) is 8.43. The number of rotatable bonds is 4. The van der Waals surface area contributed by atoms with Crippen LogP contribution >= 0.6 is 0 Å². The number of anilines is 3. The molecule has 0 bridgehead atoms. The molecule has 0 saturated heterocycles. The number of hydrogen-bond donors (Lipinski definition) is 0. The number of fused-ring (bicyclic) bond motifs is 5. The van der Waals surface area contributed by atoms with Gasteiger partial charge in [0.2, 0.25) is 0 Å². The Kier molecular flexibility index (Phi) is 6.25. The monoisotopic (exact) mass is 661 g/mol. The summed E-state index contributed by atoms with van der Waals surface area (Å²) in [6.07, 6.45) is 0. The van der Waals surface area contributed by atoms with Gasteiger partial charge in [-0.1, -0.05) is 146 Å². The van der Waals surface area contributed by atoms with E-state index in [0.29, 0.717) is 0 Å². The minimum absolute atomic E-state index is 0.950. The molecule has 0 fully saturated rings. The predicted octanol–water partition coefficient (Wildman–Crippen LogP) is 13.3. The molecule has 1 aliphatic rings. The molecular weight excluding hydrogens is 631 g/mol. The maximum Gasteiger partial charge on any atom is 0.145 e. The van der Waals surface area contributed by atoms with E-state index < -0.39 is 0 Å². The van der Waals surface area contributed by atoms with Gasteiger partial charge in [0.1, 0.15) is 5.82 Å². The first-order valence-corrected chi connectivity index (χ1v) is 17.8. The molecule has 3 nitrogen and oxygen atoms in total. The molecular formula is C49H31N3. The van der Waals surface area contributed by atoms with Gasteiger partial charge in [0.25, 0.3) is 0 Å². The number of para-hydroxylation sites is 3. The van der Waals surface area contributed by atoms with Crippen molar-refractivity contribution in [1.82, 2.24) is 9.55 Å². The lowest BCUT2D eigenvalue weighted by atomic mass is 9.85. The highest BCUT2D eigenvalue weighted by atomic mass is 15.2. The lowest BCUT2D eigenvalue weighted by Gasteiger charge is -2.33. The lowest BCUT2D eigenvalue weighted by molar-refractivity contribution is 1.06. The normalized spacial score (nSPS) is 12.2. The largest absolute Gasteiger partial charge is 0.306 e. The lowest BCUT2D eigenvalue weighted by Crippen LogP contribution is -2.18. The van der Waals surface area contributed by atoms with E-state index in [1.807, 2.05) is 0 Å². The van der Waals surface area contributed by atoms with Crippen molar-refractivity contribution >= 4 is 60.4 Å². The molecule has 10 aromatic rings. The van der Waals surface area contributed by atoms with Crippen LogP contribution in [0.4, 0.5) is 17.1 Å². The van der Waals surface area contributed by atoms with Crippen LogP contribution in [-0.4, -0.2) is 9.55 Å². The molecule has 1 aliphatic heterocycles. The van der Waals surface area contributed by atoms with Gasteiger partial charge in [-0.2, -0.15) is 0 Å². The fraction of sp³-hybridized carbons (Fsp3) is 0. The summed E-state index contributed by atoms with van der Waals surface area (Å²) in [4.78, 5) is 7.65. The number of nitrogens with zero attached hydrogens (tertiary/aromatic N) is 3. The van der Waals surface area contributed by atoms with Crippen LogP contribution in [0.5, 0.6) is 0 Å². The molecule has 0 N–H and O–H groups in total. The molecule has 52 heavy (non-hydrogen) atoms. The molecule has 0 aliphatic carbocycles. The van der Waals surface area contributed by atoms with Gasteiger partial charge >= 0.3 is 0 Å². The Morgan fingerprint density at radius 2 is 0.981 bits per heavy atom. The van der Waals surface area contributed by atoms with E-state index in [0.717, 1.165) is 45.2 Å². The summed E-state index contributed by atoms with van der Waals surface area (Å²) in [6.45, 7) is 0. The Hall–Kier alpha value is -6.97. The van der Waals surface area contributed by atoms with Crippen molar-refractivity contribution in [1.29, 1.82) is 0 Å². The van der Waals surface area contributed by atoms with Crippen molar-refractivity contribution < 1.29 is 0 Å². The first-order valence-electron chi connectivity index (χ1n) is 17.8. The van der Waals surface area contributed by atoms with E-state index in [-0.39, 0.29) is 0 Å². The van der Waals surface area contributed by atoms with Crippen LogP contribution in [0.15, 0.2) is 188 Å². The first-order chi connectivity index (χ1) is 25.8. The number of hydrogen-bond acceptors (Lipinski definition) is 2. The first kappa shape index (κ1) is 28.8. The SMILES string of the molecule is c1ccc(-c2c3ccccc3c(-c3ccc4ccccc4c3)c3cc(N4c5ccccc5-n5c(-c6ccccc6)nc6cccc4c65)ccc23)cc1. The average Bonchev–Trinajstić information content (AvgIpc) is 3.61. The van der Waals surface area contributed by atoms with E-state index in [1.165, 1.54) is 54.6 Å². The third kappa shape index (κ3) is 4.23. The molecule has 0 atom stereocenters. The van der Waals surface area contributed by atoms with Gasteiger partial charge < -0.3 is 4.90 Å². The van der Waals surface area contributed by atoms with E-state index in [2.05, 4.69) is 198 Å². The number of benzene rings is 9. The van der Waals surface area contributed by atoms with Crippen molar-refractivity contribution in [2.75, 3.05) is 4.90 Å². The zero-order valence-electron chi connectivity index (χ0n) is 28.2. The number of imidazole rings is 1. The van der Waals surface area contributed by atoms with E-state index in [4.69, 9.17) is 4.98 Å². The number of aromatic nitrogens is 2. The highest BCUT2D eigenvalue weighted by Gasteiger charge is 2.30. The zero-order chi connectivity index (χ0) is 34.2. The van der Waals surface area contributed by atoms with Gasteiger partial charge in [0.05, 0.1) is 28.1 Å². The fourth-order valence-electron chi connectivity index (χ4n) is 8.43. The Morgan fingerprint density at radius 1 is 0.365 bits per heavy atom. The van der Waals surface area contributed by atoms with E-state index in [9.17, 15) is 0 Å². The second kappa shape index (κ2) is 11.3. The molecule has 2 heterocycles. The molecule has 0 amide bonds. The van der Waals surface area contributed by atoms with Crippen LogP contribution in [0.2, 0.25) is 0 Å². The van der Waals surface area contributed by atoms with Gasteiger partial charge in [-0.3, -0.25) is 4.57 Å². The summed E-state index contributed by atoms with van der Waals surface area (Å²) < 4.78 is 2.34. The Morgan fingerprint density at radius 3 is 1.77 bits per heavy atom. The summed E-state index contributed by atoms with van der Waals surface area (Å²) in [5, 5.41) is 7.43. The van der Waals surface area contributed by atoms with Crippen LogP contribution in [0.25, 0.3) is 82.7 Å².